The van der Waals surface area contributed by atoms with Gasteiger partial charge in [0.2, 0.25) is 5.91 Å². The van der Waals surface area contributed by atoms with Crippen molar-refractivity contribution in [1.82, 2.24) is 0 Å². The Bertz CT molecular complexity index is 980. The van der Waals surface area contributed by atoms with Gasteiger partial charge in [-0.25, -0.2) is 0 Å². The molecule has 0 saturated carbocycles. The molecule has 7 heteroatoms. The number of amides is 1. The van der Waals surface area contributed by atoms with Gasteiger partial charge in [-0.1, -0.05) is 65.1 Å². The van der Waals surface area contributed by atoms with Gasteiger partial charge in [-0.05, 0) is 54.8 Å². The fourth-order valence-corrected chi connectivity index (χ4v) is 3.37. The van der Waals surface area contributed by atoms with E-state index in [-0.39, 0.29) is 12.5 Å². The van der Waals surface area contributed by atoms with Crippen LogP contribution in [0.25, 0.3) is 0 Å². The van der Waals surface area contributed by atoms with Crippen molar-refractivity contribution in [2.75, 3.05) is 23.8 Å². The number of anilines is 2. The second kappa shape index (κ2) is 11.1. The van der Waals surface area contributed by atoms with Crippen molar-refractivity contribution in [2.45, 2.75) is 12.8 Å². The fraction of sp³-hybridized carbons (Fsp3) is 0.174. The highest BCUT2D eigenvalue weighted by molar-refractivity contribution is 6.44. The van der Waals surface area contributed by atoms with Crippen LogP contribution >= 0.6 is 34.8 Å². The van der Waals surface area contributed by atoms with E-state index in [1.807, 2.05) is 42.5 Å². The second-order valence-electron chi connectivity index (χ2n) is 6.61. The summed E-state index contributed by atoms with van der Waals surface area (Å²) in [5.74, 6) is 0.539. The fourth-order valence-electron chi connectivity index (χ4n) is 2.78. The number of aryl methyl sites for hydroxylation is 1. The molecule has 30 heavy (non-hydrogen) atoms. The zero-order chi connectivity index (χ0) is 21.3. The molecular formula is C23H21Cl3N2O2. The van der Waals surface area contributed by atoms with Crippen molar-refractivity contribution in [3.8, 4) is 5.75 Å². The van der Waals surface area contributed by atoms with Crippen LogP contribution < -0.4 is 15.4 Å². The number of carbonyl (C=O) groups is 1. The molecule has 156 valence electrons. The Balaban J connectivity index is 1.41. The summed E-state index contributed by atoms with van der Waals surface area (Å²) in [7, 11) is 0. The van der Waals surface area contributed by atoms with Gasteiger partial charge < -0.3 is 15.4 Å². The SMILES string of the molecule is O=C(CNc1ccc(OCCCc2ccccc2)cc1)Nc1cc(Cl)c(Cl)cc1Cl. The summed E-state index contributed by atoms with van der Waals surface area (Å²) in [5, 5.41) is 6.74. The van der Waals surface area contributed by atoms with E-state index in [0.717, 1.165) is 24.3 Å². The summed E-state index contributed by atoms with van der Waals surface area (Å²) in [6.07, 6.45) is 1.93. The average molecular weight is 464 g/mol. The van der Waals surface area contributed by atoms with Gasteiger partial charge in [0.15, 0.2) is 0 Å². The Kier molecular flexibility index (Phi) is 8.26. The maximum atomic E-state index is 12.2. The number of ether oxygens (including phenoxy) is 1. The van der Waals surface area contributed by atoms with Gasteiger partial charge in [0.25, 0.3) is 0 Å². The average Bonchev–Trinajstić information content (AvgIpc) is 2.75. The third-order valence-corrected chi connectivity index (χ3v) is 5.35. The second-order valence-corrected chi connectivity index (χ2v) is 7.83. The van der Waals surface area contributed by atoms with E-state index in [2.05, 4.69) is 22.8 Å². The van der Waals surface area contributed by atoms with E-state index in [4.69, 9.17) is 39.5 Å². The van der Waals surface area contributed by atoms with Crippen LogP contribution in [0.4, 0.5) is 11.4 Å². The molecule has 0 fully saturated rings. The molecule has 0 saturated heterocycles. The molecular weight excluding hydrogens is 443 g/mol. The third-order valence-electron chi connectivity index (χ3n) is 4.31. The Morgan fingerprint density at radius 3 is 2.30 bits per heavy atom. The summed E-state index contributed by atoms with van der Waals surface area (Å²) in [5.41, 5.74) is 2.53. The molecule has 0 aliphatic carbocycles. The molecule has 3 aromatic carbocycles. The van der Waals surface area contributed by atoms with Crippen LogP contribution in [0.15, 0.2) is 66.7 Å². The zero-order valence-electron chi connectivity index (χ0n) is 16.1. The van der Waals surface area contributed by atoms with E-state index in [9.17, 15) is 4.79 Å². The minimum atomic E-state index is -0.253. The van der Waals surface area contributed by atoms with E-state index >= 15 is 0 Å². The van der Waals surface area contributed by atoms with Crippen LogP contribution in [0.3, 0.4) is 0 Å². The monoisotopic (exact) mass is 462 g/mol. The van der Waals surface area contributed by atoms with Crippen LogP contribution in [0, 0.1) is 0 Å². The van der Waals surface area contributed by atoms with E-state index < -0.39 is 0 Å². The largest absolute Gasteiger partial charge is 0.494 e. The molecule has 3 aromatic rings. The van der Waals surface area contributed by atoms with E-state index in [0.29, 0.717) is 27.4 Å². The number of hydrogen-bond acceptors (Lipinski definition) is 3. The van der Waals surface area contributed by atoms with Crippen LogP contribution in [-0.2, 0) is 11.2 Å². The lowest BCUT2D eigenvalue weighted by atomic mass is 10.1. The summed E-state index contributed by atoms with van der Waals surface area (Å²) in [4.78, 5) is 12.2. The third kappa shape index (κ3) is 6.84. The lowest BCUT2D eigenvalue weighted by Crippen LogP contribution is -2.21. The quantitative estimate of drug-likeness (QED) is 0.274. The topological polar surface area (TPSA) is 50.4 Å². The Morgan fingerprint density at radius 1 is 0.867 bits per heavy atom. The smallest absolute Gasteiger partial charge is 0.243 e. The standard InChI is InChI=1S/C23H21Cl3N2O2/c24-19-13-21(26)22(14-20(19)25)28-23(29)15-27-17-8-10-18(11-9-17)30-12-4-7-16-5-2-1-3-6-16/h1-3,5-6,8-11,13-14,27H,4,7,12,15H2,(H,28,29). The Hall–Kier alpha value is -2.40. The number of carbonyl (C=O) groups excluding carboxylic acids is 1. The number of hydrogen-bond donors (Lipinski definition) is 2. The Morgan fingerprint density at radius 2 is 1.57 bits per heavy atom. The van der Waals surface area contributed by atoms with Crippen LogP contribution in [0.1, 0.15) is 12.0 Å². The molecule has 0 unspecified atom stereocenters. The van der Waals surface area contributed by atoms with Gasteiger partial charge in [0.1, 0.15) is 5.75 Å². The van der Waals surface area contributed by atoms with E-state index in [1.54, 1.807) is 0 Å². The number of benzene rings is 3. The molecule has 0 bridgehead atoms. The van der Waals surface area contributed by atoms with Crippen molar-refractivity contribution in [2.24, 2.45) is 0 Å². The maximum absolute atomic E-state index is 12.2. The van der Waals surface area contributed by atoms with Gasteiger partial charge in [-0.2, -0.15) is 0 Å². The summed E-state index contributed by atoms with van der Waals surface area (Å²) in [6.45, 7) is 0.725. The maximum Gasteiger partial charge on any atom is 0.243 e. The minimum absolute atomic E-state index is 0.0772. The lowest BCUT2D eigenvalue weighted by Gasteiger charge is -2.11. The highest BCUT2D eigenvalue weighted by atomic mass is 35.5. The molecule has 0 spiro atoms. The van der Waals surface area contributed by atoms with Crippen LogP contribution in [-0.4, -0.2) is 19.1 Å². The highest BCUT2D eigenvalue weighted by Crippen LogP contribution is 2.32. The van der Waals surface area contributed by atoms with Gasteiger partial charge in [0, 0.05) is 5.69 Å². The Labute approximate surface area is 191 Å². The molecule has 0 atom stereocenters. The number of rotatable bonds is 9. The van der Waals surface area contributed by atoms with Crippen molar-refractivity contribution in [3.63, 3.8) is 0 Å². The molecule has 0 radical (unpaired) electrons. The summed E-state index contributed by atoms with van der Waals surface area (Å²) >= 11 is 17.9. The minimum Gasteiger partial charge on any atom is -0.494 e. The molecule has 4 nitrogen and oxygen atoms in total. The predicted molar refractivity (Wildman–Crippen MR) is 125 cm³/mol. The first-order chi connectivity index (χ1) is 14.5. The summed E-state index contributed by atoms with van der Waals surface area (Å²) < 4.78 is 5.78. The van der Waals surface area contributed by atoms with Crippen molar-refractivity contribution in [1.29, 1.82) is 0 Å². The van der Waals surface area contributed by atoms with Gasteiger partial charge >= 0.3 is 0 Å². The molecule has 0 aliphatic rings. The van der Waals surface area contributed by atoms with Crippen molar-refractivity contribution >= 4 is 52.1 Å². The number of halogens is 3. The molecule has 2 N–H and O–H groups in total. The van der Waals surface area contributed by atoms with Gasteiger partial charge in [0.05, 0.1) is 33.9 Å². The van der Waals surface area contributed by atoms with Gasteiger partial charge in [-0.3, -0.25) is 4.79 Å². The van der Waals surface area contributed by atoms with Gasteiger partial charge in [-0.15, -0.1) is 0 Å². The van der Waals surface area contributed by atoms with Crippen LogP contribution in [0.5, 0.6) is 5.75 Å². The normalized spacial score (nSPS) is 10.5. The molecule has 0 aromatic heterocycles. The molecule has 1 amide bonds. The molecule has 0 heterocycles. The molecule has 0 aliphatic heterocycles. The lowest BCUT2D eigenvalue weighted by molar-refractivity contribution is -0.114. The predicted octanol–water partition coefficient (Wildman–Crippen LogP) is 6.71. The van der Waals surface area contributed by atoms with Crippen molar-refractivity contribution in [3.05, 3.63) is 87.4 Å². The van der Waals surface area contributed by atoms with E-state index in [1.165, 1.54) is 17.7 Å². The first-order valence-electron chi connectivity index (χ1n) is 9.46. The molecule has 3 rings (SSSR count). The number of nitrogens with one attached hydrogen (secondary N) is 2. The highest BCUT2D eigenvalue weighted by Gasteiger charge is 2.09. The van der Waals surface area contributed by atoms with Crippen LogP contribution in [0.2, 0.25) is 15.1 Å². The zero-order valence-corrected chi connectivity index (χ0v) is 18.4. The first kappa shape index (κ1) is 22.3. The first-order valence-corrected chi connectivity index (χ1v) is 10.6. The summed E-state index contributed by atoms with van der Waals surface area (Å²) in [6, 6.07) is 20.8. The van der Waals surface area contributed by atoms with Crippen molar-refractivity contribution < 1.29 is 9.53 Å².